The van der Waals surface area contributed by atoms with Crippen LogP contribution in [0.15, 0.2) is 89.0 Å². The number of benzene rings is 2. The second kappa shape index (κ2) is 14.7. The summed E-state index contributed by atoms with van der Waals surface area (Å²) >= 11 is 0. The van der Waals surface area contributed by atoms with Crippen molar-refractivity contribution in [1.82, 2.24) is 58.9 Å². The lowest BCUT2D eigenvalue weighted by atomic mass is 10.0. The normalized spacial score (nSPS) is 14.9. The van der Waals surface area contributed by atoms with E-state index in [2.05, 4.69) is 54.9 Å². The van der Waals surface area contributed by atoms with Crippen molar-refractivity contribution in [3.8, 4) is 74.2 Å². The molecule has 1 saturated heterocycles. The van der Waals surface area contributed by atoms with Crippen LogP contribution in [0.2, 0.25) is 0 Å². The molecule has 320 valence electrons. The summed E-state index contributed by atoms with van der Waals surface area (Å²) in [6.45, 7) is 5.74. The number of aryl methyl sites for hydroxylation is 1. The minimum Gasteiger partial charge on any atom is -0.497 e. The number of ether oxygens (including phenoxy) is 3. The van der Waals surface area contributed by atoms with Gasteiger partial charge >= 0.3 is 5.89 Å². The van der Waals surface area contributed by atoms with Crippen molar-refractivity contribution in [2.75, 3.05) is 27.4 Å². The number of hydrogen-bond acceptors (Lipinski definition) is 13. The van der Waals surface area contributed by atoms with Crippen molar-refractivity contribution in [1.29, 1.82) is 0 Å². The first-order valence-electron chi connectivity index (χ1n) is 21.2. The van der Waals surface area contributed by atoms with E-state index in [1.165, 1.54) is 0 Å². The molecule has 0 spiro atoms. The Hall–Kier alpha value is -7.73. The van der Waals surface area contributed by atoms with Crippen LogP contribution in [0.4, 0.5) is 0 Å². The molecule has 0 amide bonds. The smallest absolute Gasteiger partial charge is 0.302 e. The zero-order valence-corrected chi connectivity index (χ0v) is 35.8. The van der Waals surface area contributed by atoms with Crippen molar-refractivity contribution < 1.29 is 27.8 Å². The average molecular weight is 857 g/mol. The largest absolute Gasteiger partial charge is 0.497 e. The van der Waals surface area contributed by atoms with Gasteiger partial charge in [-0.3, -0.25) is 14.3 Å². The molecule has 0 N–H and O–H groups in total. The van der Waals surface area contributed by atoms with Crippen LogP contribution in [0.3, 0.4) is 0 Å². The first-order valence-corrected chi connectivity index (χ1v) is 21.2. The van der Waals surface area contributed by atoms with E-state index in [1.54, 1.807) is 14.2 Å². The summed E-state index contributed by atoms with van der Waals surface area (Å²) < 4.78 is 39.2. The molecule has 12 rings (SSSR count). The van der Waals surface area contributed by atoms with Crippen LogP contribution in [0.1, 0.15) is 71.8 Å². The number of pyridine rings is 1. The van der Waals surface area contributed by atoms with Gasteiger partial charge in [0.05, 0.1) is 56.2 Å². The highest BCUT2D eigenvalue weighted by Crippen LogP contribution is 2.41. The molecule has 1 unspecified atom stereocenters. The Morgan fingerprint density at radius 2 is 1.66 bits per heavy atom. The zero-order valence-electron chi connectivity index (χ0n) is 35.8. The lowest BCUT2D eigenvalue weighted by Gasteiger charge is -2.11. The van der Waals surface area contributed by atoms with Crippen LogP contribution in [-0.2, 0) is 31.2 Å². The second-order valence-electron chi connectivity index (χ2n) is 16.7. The van der Waals surface area contributed by atoms with Gasteiger partial charge in [0.15, 0.2) is 28.7 Å². The van der Waals surface area contributed by atoms with E-state index in [1.807, 2.05) is 79.3 Å². The van der Waals surface area contributed by atoms with E-state index in [4.69, 9.17) is 53.4 Å². The Kier molecular flexibility index (Phi) is 8.72. The Morgan fingerprint density at radius 3 is 2.47 bits per heavy atom. The number of rotatable bonds is 9. The van der Waals surface area contributed by atoms with Crippen molar-refractivity contribution in [3.05, 3.63) is 120 Å². The monoisotopic (exact) mass is 856 g/mol. The molecule has 64 heavy (non-hydrogen) atoms. The maximum Gasteiger partial charge on any atom is 0.302 e. The zero-order chi connectivity index (χ0) is 43.2. The van der Waals surface area contributed by atoms with Crippen molar-refractivity contribution >= 4 is 0 Å². The molecule has 3 aliphatic heterocycles. The van der Waals surface area contributed by atoms with E-state index in [0.29, 0.717) is 61.7 Å². The Bertz CT molecular complexity index is 3270. The summed E-state index contributed by atoms with van der Waals surface area (Å²) in [5.74, 6) is 3.72. The molecule has 9 aromatic rings. The molecule has 10 heterocycles. The summed E-state index contributed by atoms with van der Waals surface area (Å²) in [6, 6.07) is 14.2. The van der Waals surface area contributed by atoms with Crippen molar-refractivity contribution in [2.24, 2.45) is 7.05 Å². The molecule has 1 fully saturated rings. The van der Waals surface area contributed by atoms with Crippen LogP contribution >= 0.6 is 0 Å². The Morgan fingerprint density at radius 1 is 0.844 bits per heavy atom. The Balaban J connectivity index is 0.958. The van der Waals surface area contributed by atoms with E-state index in [9.17, 15) is 0 Å². The standard InChI is InChI=1S/C46H42N13O5/c1-25(2)43-49-45(63-53-43)41-37-13-29-21-56(52-40(29)33-15-31(60-4)6-8-35(33)57(37)23-48-41)19-26-12-30(18-47-17-26)58-24-59-36-9-7-32(61-5)16-34(36)39-28(20-55(3)51-39)14-38(59)42(58)46-50-44(54-64-46)27-10-11-62-22-27/h6-9,12,15-18,20-21,23-25,27H,10-11,13-14,19,22H2,1-5H3/q+1. The van der Waals surface area contributed by atoms with Gasteiger partial charge in [0.2, 0.25) is 5.69 Å². The number of aromatic nitrogens is 13. The van der Waals surface area contributed by atoms with Crippen molar-refractivity contribution in [3.63, 3.8) is 0 Å². The fourth-order valence-electron chi connectivity index (χ4n) is 9.14. The number of methoxy groups -OCH3 is 2. The van der Waals surface area contributed by atoms with Crippen LogP contribution < -0.4 is 14.0 Å². The predicted molar refractivity (Wildman–Crippen MR) is 229 cm³/mol. The summed E-state index contributed by atoms with van der Waals surface area (Å²) in [5.41, 5.74) is 12.6. The SMILES string of the molecule is COc1ccc2c(c1)-c1nn(Cc3cncc(-n4c[n+]5c(c4-c4nc(C6CCOC6)no4)Cc4cn(C)nc4-c4cc(OC)ccc4-5)c3)cc1Cc1c(-c3nc(C(C)C)no3)ncn1-2. The van der Waals surface area contributed by atoms with Crippen LogP contribution in [0.5, 0.6) is 11.5 Å². The number of fused-ring (bicyclic) bond motifs is 10. The third kappa shape index (κ3) is 6.15. The van der Waals surface area contributed by atoms with Gasteiger partial charge in [-0.2, -0.15) is 29.3 Å². The third-order valence-corrected chi connectivity index (χ3v) is 12.3. The molecule has 0 aliphatic carbocycles. The fraction of sp³-hybridized carbons (Fsp3) is 0.283. The maximum atomic E-state index is 6.15. The van der Waals surface area contributed by atoms with Gasteiger partial charge in [0.25, 0.3) is 12.2 Å². The van der Waals surface area contributed by atoms with E-state index < -0.39 is 0 Å². The fourth-order valence-corrected chi connectivity index (χ4v) is 9.14. The highest BCUT2D eigenvalue weighted by atomic mass is 16.5. The summed E-state index contributed by atoms with van der Waals surface area (Å²) in [6.07, 6.45) is 13.7. The van der Waals surface area contributed by atoms with Crippen molar-refractivity contribution in [2.45, 2.75) is 51.5 Å². The topological polar surface area (TPSA) is 181 Å². The number of hydrogen-bond donors (Lipinski definition) is 0. The molecule has 18 heteroatoms. The molecule has 2 aromatic carbocycles. The summed E-state index contributed by atoms with van der Waals surface area (Å²) in [7, 11) is 5.29. The number of nitrogens with zero attached hydrogens (tertiary/aromatic N) is 13. The van der Waals surface area contributed by atoms with Gasteiger partial charge < -0.3 is 27.8 Å². The quantitative estimate of drug-likeness (QED) is 0.150. The molecule has 7 aromatic heterocycles. The molecule has 0 radical (unpaired) electrons. The minimum atomic E-state index is 0.0659. The molecule has 18 nitrogen and oxygen atoms in total. The molecule has 3 aliphatic rings. The maximum absolute atomic E-state index is 6.15. The van der Waals surface area contributed by atoms with Crippen LogP contribution in [0.25, 0.3) is 62.7 Å². The molecule has 0 bridgehead atoms. The second-order valence-corrected chi connectivity index (χ2v) is 16.7. The lowest BCUT2D eigenvalue weighted by Crippen LogP contribution is -2.33. The molecule has 1 atom stereocenters. The van der Waals surface area contributed by atoms with Gasteiger partial charge in [-0.1, -0.05) is 24.2 Å². The Labute approximate surface area is 365 Å². The molecule has 0 saturated carbocycles. The highest BCUT2D eigenvalue weighted by molar-refractivity contribution is 5.78. The van der Waals surface area contributed by atoms with E-state index in [0.717, 1.165) is 91.3 Å². The third-order valence-electron chi connectivity index (χ3n) is 12.3. The van der Waals surface area contributed by atoms with Gasteiger partial charge in [-0.05, 0) is 54.4 Å². The van der Waals surface area contributed by atoms with Crippen LogP contribution in [-0.4, -0.2) is 86.4 Å². The first-order chi connectivity index (χ1) is 31.3. The summed E-state index contributed by atoms with van der Waals surface area (Å²) in [5, 5.41) is 18.8. The first kappa shape index (κ1) is 38.0. The molecular weight excluding hydrogens is 815 g/mol. The minimum absolute atomic E-state index is 0.0659. The highest BCUT2D eigenvalue weighted by Gasteiger charge is 2.37. The van der Waals surface area contributed by atoms with Gasteiger partial charge in [-0.25, -0.2) is 4.98 Å². The van der Waals surface area contributed by atoms with Crippen LogP contribution in [0, 0.1) is 0 Å². The van der Waals surface area contributed by atoms with Gasteiger partial charge in [0, 0.05) is 73.6 Å². The average Bonchev–Trinajstić information content (AvgIpc) is 4.17. The van der Waals surface area contributed by atoms with Gasteiger partial charge in [-0.15, -0.1) is 0 Å². The summed E-state index contributed by atoms with van der Waals surface area (Å²) in [4.78, 5) is 19.3. The van der Waals surface area contributed by atoms with E-state index >= 15 is 0 Å². The van der Waals surface area contributed by atoms with Gasteiger partial charge in [0.1, 0.15) is 29.2 Å². The lowest BCUT2D eigenvalue weighted by molar-refractivity contribution is -0.601. The predicted octanol–water partition coefficient (Wildman–Crippen LogP) is 6.20. The van der Waals surface area contributed by atoms with E-state index in [-0.39, 0.29) is 11.8 Å². The number of imidazole rings is 2. The molecular formula is C46H42N13O5+.